The highest BCUT2D eigenvalue weighted by molar-refractivity contribution is 7.15. The number of aryl methyl sites for hydroxylation is 1. The summed E-state index contributed by atoms with van der Waals surface area (Å²) in [6.07, 6.45) is 1.38. The minimum absolute atomic E-state index is 0.0612. The third-order valence-electron chi connectivity index (χ3n) is 5.74. The topological polar surface area (TPSA) is 136 Å². The van der Waals surface area contributed by atoms with Gasteiger partial charge in [0.25, 0.3) is 11.8 Å². The van der Waals surface area contributed by atoms with Crippen molar-refractivity contribution in [2.45, 2.75) is 26.3 Å². The number of hydrogen-bond acceptors (Lipinski definition) is 9. The van der Waals surface area contributed by atoms with E-state index in [-0.39, 0.29) is 41.1 Å². The summed E-state index contributed by atoms with van der Waals surface area (Å²) in [5.74, 6) is 1.33. The van der Waals surface area contributed by atoms with Gasteiger partial charge in [0.05, 0.1) is 12.5 Å². The van der Waals surface area contributed by atoms with Gasteiger partial charge in [-0.05, 0) is 44.0 Å². The molecule has 2 N–H and O–H groups in total. The molecule has 3 amide bonds. The van der Waals surface area contributed by atoms with Crippen LogP contribution in [0.1, 0.15) is 44.0 Å². The van der Waals surface area contributed by atoms with Crippen molar-refractivity contribution in [1.29, 1.82) is 0 Å². The maximum atomic E-state index is 13.0. The smallest absolute Gasteiger partial charge is 0.286 e. The zero-order valence-corrected chi connectivity index (χ0v) is 19.7. The predicted molar refractivity (Wildman–Crippen MR) is 124 cm³/mol. The normalized spacial score (nSPS) is 16.7. The van der Waals surface area contributed by atoms with Crippen LogP contribution >= 0.6 is 11.3 Å². The van der Waals surface area contributed by atoms with Gasteiger partial charge in [0, 0.05) is 24.8 Å². The molecule has 1 aromatic carbocycles. The fourth-order valence-corrected chi connectivity index (χ4v) is 4.68. The van der Waals surface area contributed by atoms with E-state index in [0.29, 0.717) is 48.9 Å². The molecule has 0 radical (unpaired) electrons. The summed E-state index contributed by atoms with van der Waals surface area (Å²) in [5.41, 5.74) is 0.511. The molecule has 2 aliphatic heterocycles. The van der Waals surface area contributed by atoms with E-state index in [9.17, 15) is 14.4 Å². The molecule has 0 aliphatic carbocycles. The minimum Gasteiger partial charge on any atom is -0.465 e. The highest BCUT2D eigenvalue weighted by Crippen LogP contribution is 2.34. The van der Waals surface area contributed by atoms with Crippen LogP contribution in [0.2, 0.25) is 0 Å². The summed E-state index contributed by atoms with van der Waals surface area (Å²) < 4.78 is 16.1. The quantitative estimate of drug-likeness (QED) is 0.530. The predicted octanol–water partition coefficient (Wildman–Crippen LogP) is 2.59. The molecule has 4 heterocycles. The number of piperidine rings is 1. The van der Waals surface area contributed by atoms with Crippen molar-refractivity contribution >= 4 is 34.7 Å². The molecular formula is C23H23N5O6S. The van der Waals surface area contributed by atoms with Gasteiger partial charge in [0.15, 0.2) is 11.5 Å². The molecule has 1 atom stereocenters. The SMILES string of the molecule is Cc1ccc(CNC(=O)[C@H]2CCCN(C(=O)c3nnc(C(=O)Nc4ccc5c(c4)OCO5)s3)C2)o1. The van der Waals surface area contributed by atoms with Gasteiger partial charge in [-0.2, -0.15) is 0 Å². The number of nitrogens with one attached hydrogen (secondary N) is 2. The number of rotatable bonds is 6. The zero-order valence-electron chi connectivity index (χ0n) is 18.9. The Hall–Kier alpha value is -3.93. The Morgan fingerprint density at radius 3 is 2.77 bits per heavy atom. The van der Waals surface area contributed by atoms with E-state index in [1.807, 2.05) is 19.1 Å². The average molecular weight is 498 g/mol. The lowest BCUT2D eigenvalue weighted by Gasteiger charge is -2.31. The first-order valence-corrected chi connectivity index (χ1v) is 11.9. The maximum absolute atomic E-state index is 13.0. The number of hydrogen-bond donors (Lipinski definition) is 2. The second kappa shape index (κ2) is 9.74. The van der Waals surface area contributed by atoms with Gasteiger partial charge in [-0.3, -0.25) is 14.4 Å². The average Bonchev–Trinajstić information content (AvgIpc) is 3.63. The number of nitrogens with zero attached hydrogens (tertiary/aromatic N) is 3. The van der Waals surface area contributed by atoms with E-state index in [4.69, 9.17) is 13.9 Å². The molecule has 0 spiro atoms. The summed E-state index contributed by atoms with van der Waals surface area (Å²) in [6.45, 7) is 3.07. The Bertz CT molecular complexity index is 1270. The third-order valence-corrected chi connectivity index (χ3v) is 6.65. The Balaban J connectivity index is 1.17. The van der Waals surface area contributed by atoms with E-state index >= 15 is 0 Å². The number of amides is 3. The summed E-state index contributed by atoms with van der Waals surface area (Å²) in [6, 6.07) is 8.70. The number of carbonyl (C=O) groups is 3. The number of fused-ring (bicyclic) bond motifs is 1. The Morgan fingerprint density at radius 1 is 1.11 bits per heavy atom. The van der Waals surface area contributed by atoms with Gasteiger partial charge in [0.2, 0.25) is 22.7 Å². The van der Waals surface area contributed by atoms with E-state index in [2.05, 4.69) is 20.8 Å². The van der Waals surface area contributed by atoms with Crippen molar-refractivity contribution in [2.75, 3.05) is 25.2 Å². The summed E-state index contributed by atoms with van der Waals surface area (Å²) in [4.78, 5) is 39.8. The first-order valence-electron chi connectivity index (χ1n) is 11.1. The molecule has 182 valence electrons. The Morgan fingerprint density at radius 2 is 1.94 bits per heavy atom. The zero-order chi connectivity index (χ0) is 24.4. The van der Waals surface area contributed by atoms with Crippen LogP contribution < -0.4 is 20.1 Å². The highest BCUT2D eigenvalue weighted by atomic mass is 32.1. The molecule has 5 rings (SSSR count). The fraction of sp³-hybridized carbons (Fsp3) is 0.348. The molecule has 1 saturated heterocycles. The van der Waals surface area contributed by atoms with Gasteiger partial charge < -0.3 is 29.4 Å². The second-order valence-electron chi connectivity index (χ2n) is 8.26. The van der Waals surface area contributed by atoms with E-state index in [1.165, 1.54) is 0 Å². The van der Waals surface area contributed by atoms with Gasteiger partial charge in [-0.25, -0.2) is 0 Å². The van der Waals surface area contributed by atoms with Crippen LogP contribution in [0.5, 0.6) is 11.5 Å². The van der Waals surface area contributed by atoms with Crippen molar-refractivity contribution in [3.63, 3.8) is 0 Å². The number of aromatic nitrogens is 2. The molecule has 12 heteroatoms. The van der Waals surface area contributed by atoms with Crippen LogP contribution in [0.4, 0.5) is 5.69 Å². The third kappa shape index (κ3) is 5.11. The number of furan rings is 1. The number of carbonyl (C=O) groups excluding carboxylic acids is 3. The molecule has 0 unspecified atom stereocenters. The number of likely N-dealkylation sites (tertiary alicyclic amines) is 1. The molecule has 1 fully saturated rings. The first-order chi connectivity index (χ1) is 17.0. The molecular weight excluding hydrogens is 474 g/mol. The number of benzene rings is 1. The lowest BCUT2D eigenvalue weighted by atomic mass is 9.97. The molecule has 0 saturated carbocycles. The number of anilines is 1. The van der Waals surface area contributed by atoms with Crippen molar-refractivity contribution in [1.82, 2.24) is 20.4 Å². The van der Waals surface area contributed by atoms with Crippen LogP contribution in [0.25, 0.3) is 0 Å². The van der Waals surface area contributed by atoms with Crippen molar-refractivity contribution in [3.05, 3.63) is 51.9 Å². The lowest BCUT2D eigenvalue weighted by Crippen LogP contribution is -2.45. The second-order valence-corrected chi connectivity index (χ2v) is 9.23. The maximum Gasteiger partial charge on any atom is 0.286 e. The highest BCUT2D eigenvalue weighted by Gasteiger charge is 2.31. The lowest BCUT2D eigenvalue weighted by molar-refractivity contribution is -0.126. The molecule has 11 nitrogen and oxygen atoms in total. The Kier molecular flexibility index (Phi) is 6.36. The summed E-state index contributed by atoms with van der Waals surface area (Å²) in [7, 11) is 0. The van der Waals surface area contributed by atoms with Crippen molar-refractivity contribution in [2.24, 2.45) is 5.92 Å². The number of ether oxygens (including phenoxy) is 2. The Labute approximate surface area is 204 Å². The van der Waals surface area contributed by atoms with Crippen LogP contribution in [-0.4, -0.2) is 52.7 Å². The first kappa shape index (κ1) is 22.8. The van der Waals surface area contributed by atoms with Crippen molar-refractivity contribution < 1.29 is 28.3 Å². The largest absolute Gasteiger partial charge is 0.465 e. The molecule has 0 bridgehead atoms. The molecule has 35 heavy (non-hydrogen) atoms. The van der Waals surface area contributed by atoms with Gasteiger partial charge >= 0.3 is 0 Å². The fourth-order valence-electron chi connectivity index (χ4n) is 3.97. The standard InChI is InChI=1S/C23H23N5O6S/c1-13-4-6-16(34-13)10-24-19(29)14-3-2-8-28(11-14)23(31)22-27-26-21(35-22)20(30)25-15-5-7-17-18(9-15)33-12-32-17/h4-7,9,14H,2-3,8,10-12H2,1H3,(H,24,29)(H,25,30)/t14-/m0/s1. The van der Waals surface area contributed by atoms with E-state index in [1.54, 1.807) is 23.1 Å². The summed E-state index contributed by atoms with van der Waals surface area (Å²) >= 11 is 0.913. The van der Waals surface area contributed by atoms with Gasteiger partial charge in [-0.15, -0.1) is 10.2 Å². The van der Waals surface area contributed by atoms with Crippen LogP contribution in [0.15, 0.2) is 34.7 Å². The van der Waals surface area contributed by atoms with Gasteiger partial charge in [-0.1, -0.05) is 11.3 Å². The monoisotopic (exact) mass is 497 g/mol. The summed E-state index contributed by atoms with van der Waals surface area (Å²) in [5, 5.41) is 13.6. The van der Waals surface area contributed by atoms with Crippen LogP contribution in [-0.2, 0) is 11.3 Å². The minimum atomic E-state index is -0.482. The molecule has 2 aliphatic rings. The molecule has 2 aromatic heterocycles. The van der Waals surface area contributed by atoms with Gasteiger partial charge in [0.1, 0.15) is 11.5 Å². The van der Waals surface area contributed by atoms with E-state index in [0.717, 1.165) is 17.1 Å². The van der Waals surface area contributed by atoms with Crippen LogP contribution in [0.3, 0.4) is 0 Å². The van der Waals surface area contributed by atoms with E-state index < -0.39 is 5.91 Å². The van der Waals surface area contributed by atoms with Crippen molar-refractivity contribution in [3.8, 4) is 11.5 Å². The van der Waals surface area contributed by atoms with Crippen LogP contribution in [0, 0.1) is 12.8 Å². The molecule has 3 aromatic rings.